The monoisotopic (exact) mass is 430 g/mol. The number of ether oxygens (including phenoxy) is 1. The highest BCUT2D eigenvalue weighted by Crippen LogP contribution is 2.31. The molecular weight excluding hydrogens is 400 g/mol. The lowest BCUT2D eigenvalue weighted by Crippen LogP contribution is -2.47. The minimum atomic E-state index is -3.85. The number of carbonyl (C=O) groups excluding carboxylic acids is 1. The molecule has 0 unspecified atom stereocenters. The van der Waals surface area contributed by atoms with Gasteiger partial charge in [0.05, 0.1) is 23.6 Å². The van der Waals surface area contributed by atoms with Crippen molar-refractivity contribution in [1.29, 1.82) is 0 Å². The van der Waals surface area contributed by atoms with Crippen molar-refractivity contribution < 1.29 is 17.9 Å². The van der Waals surface area contributed by atoms with Gasteiger partial charge in [0.25, 0.3) is 0 Å². The molecule has 1 aromatic rings. The molecule has 0 atom stereocenters. The topological polar surface area (TPSA) is 75.7 Å². The predicted molar refractivity (Wildman–Crippen MR) is 111 cm³/mol. The van der Waals surface area contributed by atoms with Gasteiger partial charge in [-0.15, -0.1) is 0 Å². The first-order chi connectivity index (χ1) is 13.4. The molecule has 1 aromatic carbocycles. The third-order valence-corrected chi connectivity index (χ3v) is 7.30. The van der Waals surface area contributed by atoms with E-state index in [4.69, 9.17) is 16.3 Å². The average Bonchev–Trinajstić information content (AvgIpc) is 2.70. The van der Waals surface area contributed by atoms with Crippen molar-refractivity contribution in [3.8, 4) is 5.75 Å². The van der Waals surface area contributed by atoms with E-state index in [1.165, 1.54) is 23.5 Å². The fourth-order valence-electron chi connectivity index (χ4n) is 3.52. The van der Waals surface area contributed by atoms with Crippen LogP contribution in [0.4, 0.5) is 0 Å². The van der Waals surface area contributed by atoms with Gasteiger partial charge in [-0.25, -0.2) is 8.42 Å². The molecule has 0 bridgehead atoms. The van der Waals surface area contributed by atoms with Gasteiger partial charge in [0.1, 0.15) is 5.75 Å². The summed E-state index contributed by atoms with van der Waals surface area (Å²) < 4.78 is 33.2. The Kier molecular flexibility index (Phi) is 9.05. The smallest absolute Gasteiger partial charge is 0.243 e. The van der Waals surface area contributed by atoms with Gasteiger partial charge in [0.15, 0.2) is 0 Å². The summed E-state index contributed by atoms with van der Waals surface area (Å²) in [5.41, 5.74) is 0. The normalized spacial score (nSPS) is 15.6. The minimum absolute atomic E-state index is 0.0858. The number of sulfonamides is 1. The van der Waals surface area contributed by atoms with E-state index < -0.39 is 10.0 Å². The summed E-state index contributed by atoms with van der Waals surface area (Å²) in [6, 6.07) is 4.25. The molecule has 0 saturated heterocycles. The van der Waals surface area contributed by atoms with Gasteiger partial charge in [-0.1, -0.05) is 50.6 Å². The van der Waals surface area contributed by atoms with Crippen molar-refractivity contribution in [2.45, 2.75) is 69.2 Å². The molecule has 1 fully saturated rings. The summed E-state index contributed by atoms with van der Waals surface area (Å²) in [5, 5.41) is 3.08. The zero-order valence-corrected chi connectivity index (χ0v) is 18.3. The molecule has 28 heavy (non-hydrogen) atoms. The number of amides is 1. The van der Waals surface area contributed by atoms with Crippen LogP contribution in [0.2, 0.25) is 5.02 Å². The quantitative estimate of drug-likeness (QED) is 0.569. The third-order valence-electron chi connectivity index (χ3n) is 5.11. The first kappa shape index (κ1) is 23.0. The lowest BCUT2D eigenvalue weighted by Gasteiger charge is -2.33. The molecule has 0 aliphatic heterocycles. The largest absolute Gasteiger partial charge is 0.495 e. The first-order valence-corrected chi connectivity index (χ1v) is 11.8. The highest BCUT2D eigenvalue weighted by atomic mass is 35.5. The number of halogens is 1. The lowest BCUT2D eigenvalue weighted by atomic mass is 9.95. The Morgan fingerprint density at radius 3 is 2.57 bits per heavy atom. The SMILES string of the molecule is CCCCCNC(=O)CN(C1CCCCC1)S(=O)(=O)c1ccc(OC)c(Cl)c1. The second kappa shape index (κ2) is 11.0. The molecule has 1 amide bonds. The summed E-state index contributed by atoms with van der Waals surface area (Å²) >= 11 is 6.14. The fraction of sp³-hybridized carbons (Fsp3) is 0.650. The Bertz CT molecular complexity index is 749. The Morgan fingerprint density at radius 1 is 1.25 bits per heavy atom. The van der Waals surface area contributed by atoms with Gasteiger partial charge in [0.2, 0.25) is 15.9 Å². The second-order valence-corrected chi connectivity index (χ2v) is 9.49. The van der Waals surface area contributed by atoms with Gasteiger partial charge in [-0.2, -0.15) is 4.31 Å². The number of methoxy groups -OCH3 is 1. The van der Waals surface area contributed by atoms with Gasteiger partial charge in [-0.05, 0) is 37.5 Å². The lowest BCUT2D eigenvalue weighted by molar-refractivity contribution is -0.121. The van der Waals surface area contributed by atoms with Crippen molar-refractivity contribution >= 4 is 27.5 Å². The van der Waals surface area contributed by atoms with Gasteiger partial charge in [0, 0.05) is 12.6 Å². The molecule has 0 spiro atoms. The van der Waals surface area contributed by atoms with E-state index in [2.05, 4.69) is 12.2 Å². The molecule has 6 nitrogen and oxygen atoms in total. The van der Waals surface area contributed by atoms with Crippen LogP contribution in [-0.2, 0) is 14.8 Å². The van der Waals surface area contributed by atoms with Crippen LogP contribution in [-0.4, -0.2) is 44.9 Å². The van der Waals surface area contributed by atoms with Gasteiger partial charge in [-0.3, -0.25) is 4.79 Å². The van der Waals surface area contributed by atoms with E-state index in [9.17, 15) is 13.2 Å². The summed E-state index contributed by atoms with van der Waals surface area (Å²) in [6.45, 7) is 2.50. The van der Waals surface area contributed by atoms with Crippen molar-refractivity contribution in [2.75, 3.05) is 20.2 Å². The van der Waals surface area contributed by atoms with Crippen molar-refractivity contribution in [2.24, 2.45) is 0 Å². The molecular formula is C20H31ClN2O4S. The first-order valence-electron chi connectivity index (χ1n) is 10.0. The Hall–Kier alpha value is -1.31. The van der Waals surface area contributed by atoms with E-state index in [1.807, 2.05) is 0 Å². The van der Waals surface area contributed by atoms with Crippen molar-refractivity contribution in [1.82, 2.24) is 9.62 Å². The van der Waals surface area contributed by atoms with Crippen molar-refractivity contribution in [3.05, 3.63) is 23.2 Å². The van der Waals surface area contributed by atoms with Gasteiger partial charge < -0.3 is 10.1 Å². The molecule has 1 aliphatic rings. The zero-order chi connectivity index (χ0) is 20.6. The summed E-state index contributed by atoms with van der Waals surface area (Å²) in [4.78, 5) is 12.5. The standard InChI is InChI=1S/C20H31ClN2O4S/c1-3-4-8-13-22-20(24)15-23(16-9-6-5-7-10-16)28(25,26)17-11-12-19(27-2)18(21)14-17/h11-12,14,16H,3-10,13,15H2,1-2H3,(H,22,24). The van der Waals surface area contributed by atoms with Crippen LogP contribution in [0, 0.1) is 0 Å². The van der Waals surface area contributed by atoms with E-state index >= 15 is 0 Å². The number of hydrogen-bond donors (Lipinski definition) is 1. The summed E-state index contributed by atoms with van der Waals surface area (Å²) in [7, 11) is -2.37. The maximum absolute atomic E-state index is 13.3. The molecule has 0 heterocycles. The van der Waals surface area contributed by atoms with Crippen LogP contribution in [0.1, 0.15) is 58.3 Å². The van der Waals surface area contributed by atoms with Crippen LogP contribution in [0.5, 0.6) is 5.75 Å². The highest BCUT2D eigenvalue weighted by molar-refractivity contribution is 7.89. The van der Waals surface area contributed by atoms with Crippen LogP contribution in [0.3, 0.4) is 0 Å². The van der Waals surface area contributed by atoms with E-state index in [0.29, 0.717) is 12.3 Å². The Labute approximate surface area is 173 Å². The fourth-order valence-corrected chi connectivity index (χ4v) is 5.51. The molecule has 1 N–H and O–H groups in total. The molecule has 2 rings (SSSR count). The molecule has 1 aliphatic carbocycles. The Morgan fingerprint density at radius 2 is 1.96 bits per heavy atom. The number of benzene rings is 1. The predicted octanol–water partition coefficient (Wildman–Crippen LogP) is 3.98. The highest BCUT2D eigenvalue weighted by Gasteiger charge is 2.34. The van der Waals surface area contributed by atoms with E-state index in [0.717, 1.165) is 51.4 Å². The number of nitrogens with one attached hydrogen (secondary N) is 1. The van der Waals surface area contributed by atoms with E-state index in [-0.39, 0.29) is 28.4 Å². The van der Waals surface area contributed by atoms with E-state index in [1.54, 1.807) is 6.07 Å². The second-order valence-electron chi connectivity index (χ2n) is 7.20. The summed E-state index contributed by atoms with van der Waals surface area (Å²) in [5.74, 6) is 0.156. The molecule has 1 saturated carbocycles. The molecule has 158 valence electrons. The average molecular weight is 431 g/mol. The van der Waals surface area contributed by atoms with Crippen LogP contribution in [0.25, 0.3) is 0 Å². The summed E-state index contributed by atoms with van der Waals surface area (Å²) in [6.07, 6.45) is 7.58. The minimum Gasteiger partial charge on any atom is -0.495 e. The number of hydrogen-bond acceptors (Lipinski definition) is 4. The number of rotatable bonds is 10. The van der Waals surface area contributed by atoms with Crippen molar-refractivity contribution in [3.63, 3.8) is 0 Å². The van der Waals surface area contributed by atoms with Crippen LogP contribution in [0.15, 0.2) is 23.1 Å². The number of carbonyl (C=O) groups is 1. The Balaban J connectivity index is 2.21. The molecule has 8 heteroatoms. The number of unbranched alkanes of at least 4 members (excludes halogenated alkanes) is 2. The van der Waals surface area contributed by atoms with Crippen LogP contribution >= 0.6 is 11.6 Å². The molecule has 0 aromatic heterocycles. The maximum atomic E-state index is 13.3. The maximum Gasteiger partial charge on any atom is 0.243 e. The zero-order valence-electron chi connectivity index (χ0n) is 16.7. The third kappa shape index (κ3) is 6.09. The van der Waals surface area contributed by atoms with Crippen LogP contribution < -0.4 is 10.1 Å². The number of nitrogens with zero attached hydrogens (tertiary/aromatic N) is 1. The molecule has 0 radical (unpaired) electrons. The van der Waals surface area contributed by atoms with Gasteiger partial charge >= 0.3 is 0 Å².